The molecule has 0 radical (unpaired) electrons. The van der Waals surface area contributed by atoms with Crippen LogP contribution in [0.4, 0.5) is 0 Å². The molecule has 1 aliphatic carbocycles. The average Bonchev–Trinajstić information content (AvgIpc) is 3.16. The van der Waals surface area contributed by atoms with E-state index < -0.39 is 0 Å². The summed E-state index contributed by atoms with van der Waals surface area (Å²) in [5.74, 6) is 1.40. The third kappa shape index (κ3) is 5.41. The van der Waals surface area contributed by atoms with Gasteiger partial charge in [0.05, 0.1) is 6.54 Å². The standard InChI is InChI=1S/C23H30N2O3.C2H6.CH4O/c1-3-25(10-11-26)23(27)18-5-7-22-20(15-18)19-14-17(4-6-21(19)24(22)2)16-8-12-28-13-9-16;2*1-2/h5,7,11,15-17H,3-4,6,8-10,12-14H2,1-2H3;1-2H3;2H,1H3. The number of hydrogen-bond donors (Lipinski definition) is 1. The molecule has 0 spiro atoms. The Kier molecular flexibility index (Phi) is 10.4. The SMILES string of the molecule is CC.CCN(CC=O)C(=O)c1ccc2c(c1)c1c(n2C)CCC(C2CCOCC2)C1.CO. The molecule has 1 fully saturated rings. The molecule has 0 saturated carbocycles. The van der Waals surface area contributed by atoms with Crippen molar-refractivity contribution in [3.8, 4) is 0 Å². The van der Waals surface area contributed by atoms with Gasteiger partial charge in [-0.25, -0.2) is 0 Å². The van der Waals surface area contributed by atoms with Crippen molar-refractivity contribution in [3.05, 3.63) is 35.0 Å². The molecule has 6 nitrogen and oxygen atoms in total. The zero-order chi connectivity index (χ0) is 23.7. The number of likely N-dealkylation sites (N-methyl/N-ethyl adjacent to an activating group) is 1. The summed E-state index contributed by atoms with van der Waals surface area (Å²) in [4.78, 5) is 25.3. The first kappa shape index (κ1) is 26.1. The van der Waals surface area contributed by atoms with Gasteiger partial charge in [0, 0.05) is 56.1 Å². The summed E-state index contributed by atoms with van der Waals surface area (Å²) in [6.45, 7) is 8.38. The number of aliphatic hydroxyl groups is 1. The van der Waals surface area contributed by atoms with Crippen molar-refractivity contribution in [1.29, 1.82) is 0 Å². The fourth-order valence-corrected chi connectivity index (χ4v) is 5.16. The number of aryl methyl sites for hydroxylation is 1. The lowest BCUT2D eigenvalue weighted by Crippen LogP contribution is -2.32. The lowest BCUT2D eigenvalue weighted by Gasteiger charge is -2.33. The molecule has 1 N–H and O–H groups in total. The maximum atomic E-state index is 12.8. The number of fused-ring (bicyclic) bond motifs is 3. The first-order chi connectivity index (χ1) is 15.6. The van der Waals surface area contributed by atoms with Crippen molar-refractivity contribution in [3.63, 3.8) is 0 Å². The Bertz CT molecular complexity index is 884. The van der Waals surface area contributed by atoms with E-state index in [9.17, 15) is 9.59 Å². The van der Waals surface area contributed by atoms with Crippen LogP contribution in [0, 0.1) is 11.8 Å². The number of aldehydes is 1. The van der Waals surface area contributed by atoms with Crippen molar-refractivity contribution >= 4 is 23.1 Å². The molecular weight excluding hydrogens is 404 g/mol. The van der Waals surface area contributed by atoms with E-state index in [2.05, 4.69) is 23.7 Å². The van der Waals surface area contributed by atoms with E-state index in [0.717, 1.165) is 45.4 Å². The summed E-state index contributed by atoms with van der Waals surface area (Å²) in [6, 6.07) is 6.02. The first-order valence-corrected chi connectivity index (χ1v) is 12.0. The molecule has 1 unspecified atom stereocenters. The molecule has 2 aliphatic rings. The van der Waals surface area contributed by atoms with E-state index in [0.29, 0.717) is 18.0 Å². The molecule has 1 aromatic heterocycles. The van der Waals surface area contributed by atoms with Gasteiger partial charge in [0.15, 0.2) is 0 Å². The number of rotatable bonds is 5. The number of benzene rings is 1. The minimum atomic E-state index is -0.0640. The topological polar surface area (TPSA) is 71.8 Å². The number of hydrogen-bond acceptors (Lipinski definition) is 4. The zero-order valence-electron chi connectivity index (χ0n) is 20.4. The fraction of sp³-hybridized carbons (Fsp3) is 0.615. The smallest absolute Gasteiger partial charge is 0.254 e. The highest BCUT2D eigenvalue weighted by molar-refractivity contribution is 6.00. The summed E-state index contributed by atoms with van der Waals surface area (Å²) >= 11 is 0. The third-order valence-electron chi connectivity index (χ3n) is 6.80. The van der Waals surface area contributed by atoms with Crippen molar-refractivity contribution in [2.24, 2.45) is 18.9 Å². The van der Waals surface area contributed by atoms with Gasteiger partial charge in [-0.05, 0) is 74.6 Å². The Morgan fingerprint density at radius 1 is 1.19 bits per heavy atom. The number of ether oxygens (including phenoxy) is 1. The second-order valence-corrected chi connectivity index (χ2v) is 8.18. The largest absolute Gasteiger partial charge is 0.400 e. The van der Waals surface area contributed by atoms with Crippen molar-refractivity contribution in [1.82, 2.24) is 9.47 Å². The predicted molar refractivity (Wildman–Crippen MR) is 129 cm³/mol. The summed E-state index contributed by atoms with van der Waals surface area (Å²) in [7, 11) is 3.14. The highest BCUT2D eigenvalue weighted by atomic mass is 16.5. The van der Waals surface area contributed by atoms with Gasteiger partial charge in [0.25, 0.3) is 5.91 Å². The van der Waals surface area contributed by atoms with Crippen LogP contribution in [0.25, 0.3) is 10.9 Å². The summed E-state index contributed by atoms with van der Waals surface area (Å²) in [5.41, 5.74) is 4.72. The van der Waals surface area contributed by atoms with Crippen molar-refractivity contribution in [2.45, 2.75) is 52.9 Å². The molecule has 1 atom stereocenters. The second kappa shape index (κ2) is 12.8. The van der Waals surface area contributed by atoms with E-state index in [1.165, 1.54) is 41.4 Å². The van der Waals surface area contributed by atoms with Gasteiger partial charge in [-0.3, -0.25) is 4.79 Å². The van der Waals surface area contributed by atoms with Gasteiger partial charge in [0.1, 0.15) is 6.29 Å². The third-order valence-corrected chi connectivity index (χ3v) is 6.80. The fourth-order valence-electron chi connectivity index (χ4n) is 5.16. The van der Waals surface area contributed by atoms with Crippen LogP contribution >= 0.6 is 0 Å². The van der Waals surface area contributed by atoms with E-state index in [4.69, 9.17) is 9.84 Å². The van der Waals surface area contributed by atoms with Crippen molar-refractivity contribution in [2.75, 3.05) is 33.4 Å². The number of nitrogens with zero attached hydrogens (tertiary/aromatic N) is 2. The highest BCUT2D eigenvalue weighted by Gasteiger charge is 2.31. The maximum Gasteiger partial charge on any atom is 0.254 e. The van der Waals surface area contributed by atoms with Gasteiger partial charge in [-0.2, -0.15) is 0 Å². The monoisotopic (exact) mass is 444 g/mol. The number of carbonyl (C=O) groups excluding carboxylic acids is 2. The molecule has 1 amide bonds. The highest BCUT2D eigenvalue weighted by Crippen LogP contribution is 2.39. The van der Waals surface area contributed by atoms with Crippen LogP contribution < -0.4 is 0 Å². The molecule has 1 aliphatic heterocycles. The van der Waals surface area contributed by atoms with Crippen LogP contribution in [-0.4, -0.2) is 60.2 Å². The molecule has 32 heavy (non-hydrogen) atoms. The Balaban J connectivity index is 0.000000860. The molecule has 1 aromatic carbocycles. The lowest BCUT2D eigenvalue weighted by atomic mass is 9.75. The number of carbonyl (C=O) groups is 2. The molecule has 2 heterocycles. The summed E-state index contributed by atoms with van der Waals surface area (Å²) < 4.78 is 7.87. The normalized spacial score (nSPS) is 18.0. The first-order valence-electron chi connectivity index (χ1n) is 12.0. The van der Waals surface area contributed by atoms with Crippen molar-refractivity contribution < 1.29 is 19.4 Å². The Hall–Kier alpha value is -2.18. The van der Waals surface area contributed by atoms with Gasteiger partial charge in [-0.15, -0.1) is 0 Å². The quantitative estimate of drug-likeness (QED) is 0.708. The summed E-state index contributed by atoms with van der Waals surface area (Å²) in [5, 5.41) is 8.21. The van der Waals surface area contributed by atoms with Crippen LogP contribution in [-0.2, 0) is 29.4 Å². The van der Waals surface area contributed by atoms with E-state index in [1.807, 2.05) is 26.8 Å². The van der Waals surface area contributed by atoms with Gasteiger partial charge in [-0.1, -0.05) is 13.8 Å². The minimum absolute atomic E-state index is 0.0640. The van der Waals surface area contributed by atoms with E-state index >= 15 is 0 Å². The Labute approximate surface area is 192 Å². The van der Waals surface area contributed by atoms with Crippen LogP contribution in [0.3, 0.4) is 0 Å². The maximum absolute atomic E-state index is 12.8. The molecule has 6 heteroatoms. The second-order valence-electron chi connectivity index (χ2n) is 8.18. The van der Waals surface area contributed by atoms with Gasteiger partial charge in [0.2, 0.25) is 0 Å². The Morgan fingerprint density at radius 3 is 2.50 bits per heavy atom. The molecular formula is C26H40N2O4. The minimum Gasteiger partial charge on any atom is -0.400 e. The van der Waals surface area contributed by atoms with E-state index in [1.54, 1.807) is 4.90 Å². The van der Waals surface area contributed by atoms with Crippen LogP contribution in [0.15, 0.2) is 18.2 Å². The molecule has 0 bridgehead atoms. The molecule has 1 saturated heterocycles. The molecule has 2 aromatic rings. The zero-order valence-corrected chi connectivity index (χ0v) is 20.4. The van der Waals surface area contributed by atoms with Gasteiger partial charge >= 0.3 is 0 Å². The predicted octanol–water partition coefficient (Wildman–Crippen LogP) is 4.01. The average molecular weight is 445 g/mol. The van der Waals surface area contributed by atoms with E-state index in [-0.39, 0.29) is 12.5 Å². The van der Waals surface area contributed by atoms with Gasteiger partial charge < -0.3 is 24.1 Å². The van der Waals surface area contributed by atoms with Crippen LogP contribution in [0.1, 0.15) is 61.6 Å². The van der Waals surface area contributed by atoms with Crippen LogP contribution in [0.5, 0.6) is 0 Å². The van der Waals surface area contributed by atoms with Crippen LogP contribution in [0.2, 0.25) is 0 Å². The number of amides is 1. The molecule has 4 rings (SSSR count). The number of aliphatic hydroxyl groups excluding tert-OH is 1. The number of aromatic nitrogens is 1. The summed E-state index contributed by atoms with van der Waals surface area (Å²) in [6.07, 6.45) is 6.59. The lowest BCUT2D eigenvalue weighted by molar-refractivity contribution is -0.108. The Morgan fingerprint density at radius 2 is 1.88 bits per heavy atom. The molecule has 178 valence electrons.